The van der Waals surface area contributed by atoms with Crippen LogP contribution in [0.2, 0.25) is 0 Å². The molecular weight excluding hydrogens is 340 g/mol. The van der Waals surface area contributed by atoms with E-state index in [1.165, 1.54) is 18.3 Å². The van der Waals surface area contributed by atoms with Gasteiger partial charge in [0.2, 0.25) is 5.91 Å². The van der Waals surface area contributed by atoms with Gasteiger partial charge in [0.15, 0.2) is 0 Å². The predicted molar refractivity (Wildman–Crippen MR) is 85.3 cm³/mol. The van der Waals surface area contributed by atoms with Crippen molar-refractivity contribution in [2.75, 3.05) is 20.2 Å². The Balaban J connectivity index is 2.02. The molecule has 1 aliphatic rings. The largest absolute Gasteiger partial charge is 0.469 e. The molecule has 23 heavy (non-hydrogen) atoms. The first kappa shape index (κ1) is 17.9. The van der Waals surface area contributed by atoms with Gasteiger partial charge >= 0.3 is 5.97 Å². The first-order valence-corrected chi connectivity index (χ1v) is 9.51. The Hall–Kier alpha value is -1.45. The monoisotopic (exact) mass is 360 g/mol. The van der Waals surface area contributed by atoms with Crippen LogP contribution in [-0.2, 0) is 30.9 Å². The number of carbonyl (C=O) groups is 2. The third-order valence-electron chi connectivity index (χ3n) is 3.73. The first-order chi connectivity index (χ1) is 10.8. The second-order valence-corrected chi connectivity index (χ2v) is 8.67. The van der Waals surface area contributed by atoms with Crippen LogP contribution in [0, 0.1) is 5.92 Å². The lowest BCUT2D eigenvalue weighted by molar-refractivity contribution is -0.146. The normalized spacial score (nSPS) is 17.0. The highest BCUT2D eigenvalue weighted by molar-refractivity contribution is 7.91. The Bertz CT molecular complexity index is 675. The molecule has 0 atom stereocenters. The zero-order valence-corrected chi connectivity index (χ0v) is 14.7. The molecule has 2 rings (SSSR count). The van der Waals surface area contributed by atoms with Crippen molar-refractivity contribution in [1.82, 2.24) is 9.62 Å². The van der Waals surface area contributed by atoms with Gasteiger partial charge in [-0.05, 0) is 25.0 Å². The minimum absolute atomic E-state index is 0.160. The Kier molecular flexibility index (Phi) is 5.77. The van der Waals surface area contributed by atoms with E-state index in [4.69, 9.17) is 4.74 Å². The molecule has 0 bridgehead atoms. The van der Waals surface area contributed by atoms with Crippen molar-refractivity contribution in [3.63, 3.8) is 0 Å². The first-order valence-electron chi connectivity index (χ1n) is 7.25. The molecule has 2 heterocycles. The SMILES string of the molecule is COC(=O)C1CCN(S(=O)(=O)c2ccc(CNC(C)=O)s2)CC1. The number of esters is 1. The van der Waals surface area contributed by atoms with Crippen molar-refractivity contribution in [3.05, 3.63) is 17.0 Å². The number of hydrogen-bond acceptors (Lipinski definition) is 6. The molecule has 1 fully saturated rings. The fourth-order valence-electron chi connectivity index (χ4n) is 2.43. The molecule has 0 aliphatic carbocycles. The number of rotatable bonds is 5. The van der Waals surface area contributed by atoms with Crippen LogP contribution in [0.3, 0.4) is 0 Å². The molecular formula is C14H20N2O5S2. The van der Waals surface area contributed by atoms with Crippen molar-refractivity contribution in [2.24, 2.45) is 5.92 Å². The van der Waals surface area contributed by atoms with Crippen LogP contribution in [0.4, 0.5) is 0 Å². The van der Waals surface area contributed by atoms with Gasteiger partial charge in [-0.1, -0.05) is 0 Å². The highest BCUT2D eigenvalue weighted by atomic mass is 32.2. The molecule has 0 radical (unpaired) electrons. The molecule has 1 amide bonds. The molecule has 0 saturated carbocycles. The third kappa shape index (κ3) is 4.30. The number of thiophene rings is 1. The van der Waals surface area contributed by atoms with E-state index >= 15 is 0 Å². The van der Waals surface area contributed by atoms with E-state index in [0.717, 1.165) is 16.2 Å². The van der Waals surface area contributed by atoms with Gasteiger partial charge in [-0.2, -0.15) is 4.31 Å². The second kappa shape index (κ2) is 7.41. The predicted octanol–water partition coefficient (Wildman–Crippen LogP) is 0.958. The lowest BCUT2D eigenvalue weighted by atomic mass is 9.99. The summed E-state index contributed by atoms with van der Waals surface area (Å²) in [5, 5.41) is 2.64. The Morgan fingerprint density at radius 1 is 1.35 bits per heavy atom. The van der Waals surface area contributed by atoms with Crippen molar-refractivity contribution in [3.8, 4) is 0 Å². The average molecular weight is 360 g/mol. The molecule has 0 spiro atoms. The fourth-order valence-corrected chi connectivity index (χ4v) is 5.35. The quantitative estimate of drug-likeness (QED) is 0.790. The molecule has 1 saturated heterocycles. The number of nitrogens with one attached hydrogen (secondary N) is 1. The van der Waals surface area contributed by atoms with Crippen molar-refractivity contribution >= 4 is 33.2 Å². The standard InChI is InChI=1S/C14H20N2O5S2/c1-10(17)15-9-12-3-4-13(22-12)23(19,20)16-7-5-11(6-8-16)14(18)21-2/h3-4,11H,5-9H2,1-2H3,(H,15,17). The lowest BCUT2D eigenvalue weighted by Crippen LogP contribution is -2.40. The summed E-state index contributed by atoms with van der Waals surface area (Å²) in [5.41, 5.74) is 0. The van der Waals surface area contributed by atoms with E-state index in [9.17, 15) is 18.0 Å². The number of hydrogen-bond donors (Lipinski definition) is 1. The number of amides is 1. The number of piperidine rings is 1. The van der Waals surface area contributed by atoms with E-state index in [-0.39, 0.29) is 22.0 Å². The zero-order chi connectivity index (χ0) is 17.0. The number of nitrogens with zero attached hydrogens (tertiary/aromatic N) is 1. The van der Waals surface area contributed by atoms with E-state index in [1.807, 2.05) is 0 Å². The van der Waals surface area contributed by atoms with Gasteiger partial charge in [0.05, 0.1) is 19.6 Å². The number of methoxy groups -OCH3 is 1. The van der Waals surface area contributed by atoms with Crippen molar-refractivity contribution in [1.29, 1.82) is 0 Å². The molecule has 0 unspecified atom stereocenters. The van der Waals surface area contributed by atoms with E-state index in [1.54, 1.807) is 12.1 Å². The van der Waals surface area contributed by atoms with Crippen LogP contribution in [0.5, 0.6) is 0 Å². The summed E-state index contributed by atoms with van der Waals surface area (Å²) in [6, 6.07) is 3.26. The van der Waals surface area contributed by atoms with Gasteiger partial charge in [-0.25, -0.2) is 8.42 Å². The maximum Gasteiger partial charge on any atom is 0.308 e. The molecule has 128 valence electrons. The minimum atomic E-state index is -3.55. The summed E-state index contributed by atoms with van der Waals surface area (Å²) in [5.74, 6) is -0.673. The molecule has 7 nitrogen and oxygen atoms in total. The Morgan fingerprint density at radius 3 is 2.57 bits per heavy atom. The molecule has 1 aromatic rings. The van der Waals surface area contributed by atoms with Gasteiger partial charge in [-0.15, -0.1) is 11.3 Å². The molecule has 0 aromatic carbocycles. The molecule has 1 N–H and O–H groups in total. The van der Waals surface area contributed by atoms with E-state index < -0.39 is 10.0 Å². The van der Waals surface area contributed by atoms with Crippen LogP contribution >= 0.6 is 11.3 Å². The number of sulfonamides is 1. The van der Waals surface area contributed by atoms with E-state index in [2.05, 4.69) is 5.32 Å². The topological polar surface area (TPSA) is 92.8 Å². The van der Waals surface area contributed by atoms with Crippen LogP contribution in [0.1, 0.15) is 24.6 Å². The Labute approximate surface area is 139 Å². The summed E-state index contributed by atoms with van der Waals surface area (Å²) in [4.78, 5) is 23.2. The van der Waals surface area contributed by atoms with Gasteiger partial charge < -0.3 is 10.1 Å². The fraction of sp³-hybridized carbons (Fsp3) is 0.571. The van der Waals surface area contributed by atoms with Crippen LogP contribution in [0.25, 0.3) is 0 Å². The second-order valence-electron chi connectivity index (χ2n) is 5.33. The van der Waals surface area contributed by atoms with Gasteiger partial charge in [0, 0.05) is 24.9 Å². The Morgan fingerprint density at radius 2 is 2.00 bits per heavy atom. The number of ether oxygens (including phenoxy) is 1. The van der Waals surface area contributed by atoms with Gasteiger partial charge in [0.1, 0.15) is 4.21 Å². The highest BCUT2D eigenvalue weighted by Gasteiger charge is 2.33. The van der Waals surface area contributed by atoms with Crippen LogP contribution < -0.4 is 5.32 Å². The highest BCUT2D eigenvalue weighted by Crippen LogP contribution is 2.28. The van der Waals surface area contributed by atoms with Crippen molar-refractivity contribution in [2.45, 2.75) is 30.5 Å². The maximum absolute atomic E-state index is 12.6. The van der Waals surface area contributed by atoms with Gasteiger partial charge in [-0.3, -0.25) is 9.59 Å². The van der Waals surface area contributed by atoms with Crippen LogP contribution in [-0.4, -0.2) is 44.8 Å². The van der Waals surface area contributed by atoms with Crippen LogP contribution in [0.15, 0.2) is 16.3 Å². The summed E-state index contributed by atoms with van der Waals surface area (Å²) in [7, 11) is -2.21. The summed E-state index contributed by atoms with van der Waals surface area (Å²) >= 11 is 1.15. The average Bonchev–Trinajstić information content (AvgIpc) is 3.02. The molecule has 9 heteroatoms. The lowest BCUT2D eigenvalue weighted by Gasteiger charge is -2.29. The molecule has 1 aromatic heterocycles. The number of carbonyl (C=O) groups excluding carboxylic acids is 2. The summed E-state index contributed by atoms with van der Waals surface area (Å²) < 4.78 is 31.6. The van der Waals surface area contributed by atoms with Gasteiger partial charge in [0.25, 0.3) is 10.0 Å². The third-order valence-corrected chi connectivity index (χ3v) is 7.18. The van der Waals surface area contributed by atoms with Crippen molar-refractivity contribution < 1.29 is 22.7 Å². The minimum Gasteiger partial charge on any atom is -0.469 e. The summed E-state index contributed by atoms with van der Waals surface area (Å²) in [6.45, 7) is 2.35. The van der Waals surface area contributed by atoms with E-state index in [0.29, 0.717) is 32.5 Å². The molecule has 1 aliphatic heterocycles. The smallest absolute Gasteiger partial charge is 0.308 e. The zero-order valence-electron chi connectivity index (χ0n) is 13.1. The maximum atomic E-state index is 12.6. The summed E-state index contributed by atoms with van der Waals surface area (Å²) in [6.07, 6.45) is 0.937.